The second-order valence-corrected chi connectivity index (χ2v) is 10.7. The van der Waals surface area contributed by atoms with Crippen molar-refractivity contribution in [3.8, 4) is 0 Å². The van der Waals surface area contributed by atoms with Gasteiger partial charge < -0.3 is 30.5 Å². The van der Waals surface area contributed by atoms with E-state index in [1.165, 1.54) is 17.8 Å². The van der Waals surface area contributed by atoms with Crippen LogP contribution in [0.1, 0.15) is 43.2 Å². The van der Waals surface area contributed by atoms with Gasteiger partial charge in [0.2, 0.25) is 0 Å². The zero-order chi connectivity index (χ0) is 25.4. The molecule has 36 heavy (non-hydrogen) atoms. The first-order chi connectivity index (χ1) is 17.3. The highest BCUT2D eigenvalue weighted by atomic mass is 32.2. The van der Waals surface area contributed by atoms with Crippen LogP contribution in [-0.4, -0.2) is 77.3 Å². The summed E-state index contributed by atoms with van der Waals surface area (Å²) in [6.45, 7) is 1.92. The first-order valence-corrected chi connectivity index (χ1v) is 12.8. The molecule has 10 nitrogen and oxygen atoms in total. The van der Waals surface area contributed by atoms with Crippen LogP contribution in [0.5, 0.6) is 0 Å². The molecule has 5 N–H and O–H groups in total. The minimum absolute atomic E-state index is 0.0564. The van der Waals surface area contributed by atoms with Crippen molar-refractivity contribution in [2.24, 2.45) is 0 Å². The molecule has 5 heterocycles. The van der Waals surface area contributed by atoms with Crippen molar-refractivity contribution in [3.63, 3.8) is 0 Å². The number of anilines is 1. The second kappa shape index (κ2) is 8.64. The third-order valence-electron chi connectivity index (χ3n) is 7.39. The van der Waals surface area contributed by atoms with Crippen LogP contribution in [-0.2, 0) is 10.3 Å². The number of rotatable bonds is 8. The Morgan fingerprint density at radius 2 is 2.00 bits per heavy atom. The smallest absolute Gasteiger partial charge is 0.193 e. The number of hydrogen-bond acceptors (Lipinski definition) is 9. The fourth-order valence-corrected chi connectivity index (χ4v) is 6.39. The van der Waals surface area contributed by atoms with Crippen molar-refractivity contribution < 1.29 is 33.9 Å². The lowest BCUT2D eigenvalue weighted by Gasteiger charge is -2.33. The Hall–Kier alpha value is -2.29. The number of hydrogen-bond donors (Lipinski definition) is 5. The maximum atomic E-state index is 13.8. The quantitative estimate of drug-likeness (QED) is 0.279. The van der Waals surface area contributed by atoms with Gasteiger partial charge in [0.1, 0.15) is 28.7 Å². The number of aromatic nitrogens is 4. The van der Waals surface area contributed by atoms with E-state index in [1.54, 1.807) is 0 Å². The summed E-state index contributed by atoms with van der Waals surface area (Å²) in [6, 6.07) is 2.45. The van der Waals surface area contributed by atoms with E-state index in [0.29, 0.717) is 29.5 Å². The number of halogens is 2. The van der Waals surface area contributed by atoms with Crippen molar-refractivity contribution in [1.82, 2.24) is 19.3 Å². The molecule has 0 saturated heterocycles. The average Bonchev–Trinajstić information content (AvgIpc) is 3.53. The number of ether oxygens (including phenoxy) is 1. The zero-order valence-electron chi connectivity index (χ0n) is 19.4. The Morgan fingerprint density at radius 1 is 1.19 bits per heavy atom. The lowest BCUT2D eigenvalue weighted by atomic mass is 10.1. The Labute approximate surface area is 208 Å². The van der Waals surface area contributed by atoms with E-state index in [2.05, 4.69) is 15.3 Å². The van der Waals surface area contributed by atoms with E-state index in [-0.39, 0.29) is 24.2 Å². The van der Waals surface area contributed by atoms with Crippen LogP contribution in [0.4, 0.5) is 14.6 Å². The van der Waals surface area contributed by atoms with E-state index in [1.807, 2.05) is 16.3 Å². The molecule has 2 saturated carbocycles. The highest BCUT2D eigenvalue weighted by Gasteiger charge is 2.55. The third kappa shape index (κ3) is 3.56. The fraction of sp³-hybridized carbons (Fsp3) is 0.565. The molecule has 194 valence electrons. The Kier molecular flexibility index (Phi) is 5.77. The molecule has 7 atom stereocenters. The minimum atomic E-state index is -1.35. The largest absolute Gasteiger partial charge is 0.394 e. The first-order valence-electron chi connectivity index (χ1n) is 12.0. The molecule has 3 aromatic rings. The topological polar surface area (TPSA) is 138 Å². The van der Waals surface area contributed by atoms with Crippen molar-refractivity contribution >= 4 is 28.7 Å². The molecule has 5 aliphatic rings. The summed E-state index contributed by atoms with van der Waals surface area (Å²) >= 11 is 1.48. The van der Waals surface area contributed by atoms with Gasteiger partial charge in [0, 0.05) is 12.8 Å². The zero-order valence-corrected chi connectivity index (χ0v) is 20.2. The van der Waals surface area contributed by atoms with Gasteiger partial charge in [0.05, 0.1) is 31.4 Å². The molecule has 0 amide bonds. The molecule has 0 radical (unpaired) electrons. The number of fused-ring (bicyclic) bond motifs is 1. The predicted octanol–water partition coefficient (Wildman–Crippen LogP) is 1.64. The maximum absolute atomic E-state index is 13.8. The highest BCUT2D eigenvalue weighted by Crippen LogP contribution is 2.51. The summed E-state index contributed by atoms with van der Waals surface area (Å²) in [6.07, 6.45) is -1.40. The monoisotopic (exact) mass is 523 g/mol. The molecule has 2 aliphatic carbocycles. The highest BCUT2D eigenvalue weighted by molar-refractivity contribution is 7.99. The molecule has 2 fully saturated rings. The van der Waals surface area contributed by atoms with E-state index < -0.39 is 47.6 Å². The summed E-state index contributed by atoms with van der Waals surface area (Å²) in [5, 5.41) is 45.2. The predicted molar refractivity (Wildman–Crippen MR) is 125 cm³/mol. The molecule has 8 rings (SSSR count). The van der Waals surface area contributed by atoms with Gasteiger partial charge in [-0.1, -0.05) is 24.8 Å². The SMILES string of the molecule is CCC1Sc2nc(N[C@@H]3C[C@@]3(O)c3ccc(F)c(F)c3)c3c(n2)n([C@@H]2C[C@H](OCCO)C(O)[C@H]2O)n31. The van der Waals surface area contributed by atoms with Gasteiger partial charge in [-0.3, -0.25) is 9.36 Å². The first kappa shape index (κ1) is 24.1. The van der Waals surface area contributed by atoms with Crippen molar-refractivity contribution in [3.05, 3.63) is 35.4 Å². The lowest BCUT2D eigenvalue weighted by molar-refractivity contribution is -0.0632. The molecule has 2 aromatic heterocycles. The third-order valence-corrected chi connectivity index (χ3v) is 8.58. The summed E-state index contributed by atoms with van der Waals surface area (Å²) in [4.78, 5) is 9.29. The van der Waals surface area contributed by atoms with Gasteiger partial charge in [-0.05, 0) is 24.1 Å². The van der Waals surface area contributed by atoms with Crippen molar-refractivity contribution in [1.29, 1.82) is 0 Å². The molecular weight excluding hydrogens is 496 g/mol. The molecule has 13 heteroatoms. The molecule has 4 bridgehead atoms. The average molecular weight is 524 g/mol. The Balaban J connectivity index is 1.32. The van der Waals surface area contributed by atoms with Crippen LogP contribution in [0.2, 0.25) is 0 Å². The second-order valence-electron chi connectivity index (χ2n) is 9.57. The minimum Gasteiger partial charge on any atom is -0.394 e. The standard InChI is InChI=1S/C23H27F2N5O5S/c1-2-16-30-17-20(26-15-9-23(15,34)10-3-4-11(24)12(25)7-10)27-22(36-16)28-21(17)29(30)13-8-14(35-6-5-31)19(33)18(13)32/h3-4,7,13-16,18-19,31-34H,2,5-6,8-9H2,1H3,(H,26,27,28)/t13-,14+,15-,16?,18+,19?,23-/m1/s1. The number of benzene rings is 1. The number of nitrogens with one attached hydrogen (secondary N) is 1. The number of nitrogens with zero attached hydrogens (tertiary/aromatic N) is 4. The number of aliphatic hydroxyl groups is 4. The summed E-state index contributed by atoms with van der Waals surface area (Å²) in [7, 11) is 0. The normalized spacial score (nSPS) is 33.1. The maximum Gasteiger partial charge on any atom is 0.193 e. The van der Waals surface area contributed by atoms with Gasteiger partial charge in [-0.25, -0.2) is 18.7 Å². The summed E-state index contributed by atoms with van der Waals surface area (Å²) in [5.74, 6) is -1.47. The number of thioether (sulfide) groups is 1. The molecule has 1 aromatic carbocycles. The molecule has 0 spiro atoms. The molecule has 2 unspecified atom stereocenters. The van der Waals surface area contributed by atoms with Crippen LogP contribution in [0.25, 0.3) is 11.2 Å². The summed E-state index contributed by atoms with van der Waals surface area (Å²) < 4.78 is 36.5. The fourth-order valence-electron chi connectivity index (χ4n) is 5.39. The number of aliphatic hydroxyl groups excluding tert-OH is 3. The van der Waals surface area contributed by atoms with Crippen molar-refractivity contribution in [2.75, 3.05) is 18.5 Å². The van der Waals surface area contributed by atoms with Crippen LogP contribution in [0.15, 0.2) is 23.4 Å². The van der Waals surface area contributed by atoms with Gasteiger partial charge in [-0.2, -0.15) is 0 Å². The van der Waals surface area contributed by atoms with Crippen LogP contribution < -0.4 is 5.32 Å². The lowest BCUT2D eigenvalue weighted by Crippen LogP contribution is -2.37. The van der Waals surface area contributed by atoms with Gasteiger partial charge >= 0.3 is 0 Å². The van der Waals surface area contributed by atoms with Crippen LogP contribution in [0, 0.1) is 11.6 Å². The van der Waals surface area contributed by atoms with Crippen LogP contribution in [0.3, 0.4) is 0 Å². The van der Waals surface area contributed by atoms with E-state index in [4.69, 9.17) is 9.84 Å². The van der Waals surface area contributed by atoms with E-state index >= 15 is 0 Å². The van der Waals surface area contributed by atoms with E-state index in [0.717, 1.165) is 24.1 Å². The van der Waals surface area contributed by atoms with Gasteiger partial charge in [-0.15, -0.1) is 0 Å². The summed E-state index contributed by atoms with van der Waals surface area (Å²) in [5.41, 5.74) is 0.256. The van der Waals surface area contributed by atoms with Crippen molar-refractivity contribution in [2.45, 2.75) is 72.7 Å². The molecule has 3 aliphatic heterocycles. The van der Waals surface area contributed by atoms with Crippen LogP contribution >= 0.6 is 11.8 Å². The van der Waals surface area contributed by atoms with E-state index in [9.17, 15) is 24.1 Å². The molecular formula is C23H27F2N5O5S. The van der Waals surface area contributed by atoms with Gasteiger partial charge in [0.25, 0.3) is 0 Å². The Morgan fingerprint density at radius 3 is 2.72 bits per heavy atom. The Bertz CT molecular complexity index is 1320. The van der Waals surface area contributed by atoms with Gasteiger partial charge in [0.15, 0.2) is 28.3 Å².